The largest absolute Gasteiger partial charge is 0.371 e. The Labute approximate surface area is 128 Å². The van der Waals surface area contributed by atoms with Gasteiger partial charge < -0.3 is 4.90 Å². The van der Waals surface area contributed by atoms with Gasteiger partial charge in [-0.15, -0.1) is 0 Å². The fourth-order valence-corrected chi connectivity index (χ4v) is 2.76. The molecule has 2 aromatic carbocycles. The van der Waals surface area contributed by atoms with Crippen LogP contribution in [0.4, 0.5) is 5.69 Å². The highest BCUT2D eigenvalue weighted by molar-refractivity contribution is 7.80. The van der Waals surface area contributed by atoms with E-state index >= 15 is 0 Å². The van der Waals surface area contributed by atoms with Gasteiger partial charge >= 0.3 is 0 Å². The van der Waals surface area contributed by atoms with Gasteiger partial charge in [-0.05, 0) is 37.3 Å². The molecule has 0 aliphatic heterocycles. The van der Waals surface area contributed by atoms with Crippen molar-refractivity contribution in [1.29, 1.82) is 0 Å². The third kappa shape index (κ3) is 3.80. The van der Waals surface area contributed by atoms with E-state index in [1.165, 1.54) is 16.8 Å². The fraction of sp³-hybridized carbons (Fsp3) is 0.333. The second kappa shape index (κ2) is 7.39. The Morgan fingerprint density at radius 2 is 1.65 bits per heavy atom. The van der Waals surface area contributed by atoms with Crippen molar-refractivity contribution in [2.75, 3.05) is 23.7 Å². The third-order valence-corrected chi connectivity index (χ3v) is 4.15. The van der Waals surface area contributed by atoms with Crippen molar-refractivity contribution in [3.8, 4) is 0 Å². The van der Waals surface area contributed by atoms with Crippen LogP contribution in [0.5, 0.6) is 0 Å². The van der Waals surface area contributed by atoms with Crippen molar-refractivity contribution >= 4 is 18.3 Å². The molecule has 0 bridgehead atoms. The summed E-state index contributed by atoms with van der Waals surface area (Å²) in [6.07, 6.45) is 0. The van der Waals surface area contributed by atoms with E-state index in [2.05, 4.69) is 86.0 Å². The van der Waals surface area contributed by atoms with E-state index in [0.29, 0.717) is 5.92 Å². The highest BCUT2D eigenvalue weighted by atomic mass is 32.1. The van der Waals surface area contributed by atoms with E-state index in [0.717, 1.165) is 18.8 Å². The number of hydrogen-bond donors (Lipinski definition) is 1. The summed E-state index contributed by atoms with van der Waals surface area (Å²) in [5.74, 6) is 1.33. The highest BCUT2D eigenvalue weighted by Gasteiger charge is 2.14. The second-order valence-corrected chi connectivity index (χ2v) is 5.53. The van der Waals surface area contributed by atoms with Crippen LogP contribution in [0.15, 0.2) is 54.6 Å². The lowest BCUT2D eigenvalue weighted by Gasteiger charge is -2.28. The summed E-state index contributed by atoms with van der Waals surface area (Å²) in [6, 6.07) is 19.4. The Balaban J connectivity index is 2.14. The minimum Gasteiger partial charge on any atom is -0.371 e. The number of likely N-dealkylation sites (N-methyl/N-ethyl adjacent to an activating group) is 1. The normalized spacial score (nSPS) is 12.2. The zero-order chi connectivity index (χ0) is 14.4. The monoisotopic (exact) mass is 285 g/mol. The number of thiol groups is 1. The first-order valence-corrected chi connectivity index (χ1v) is 7.85. The Morgan fingerprint density at radius 1 is 1.00 bits per heavy atom. The second-order valence-electron chi connectivity index (χ2n) is 5.16. The molecule has 0 aromatic heterocycles. The Kier molecular flexibility index (Phi) is 5.54. The molecule has 1 nitrogen and oxygen atoms in total. The van der Waals surface area contributed by atoms with Gasteiger partial charge in [0.1, 0.15) is 0 Å². The Morgan fingerprint density at radius 3 is 2.20 bits per heavy atom. The van der Waals surface area contributed by atoms with Crippen LogP contribution in [0.2, 0.25) is 0 Å². The zero-order valence-corrected chi connectivity index (χ0v) is 13.2. The predicted molar refractivity (Wildman–Crippen MR) is 92.1 cm³/mol. The van der Waals surface area contributed by atoms with Crippen molar-refractivity contribution in [3.05, 3.63) is 65.7 Å². The van der Waals surface area contributed by atoms with E-state index in [-0.39, 0.29) is 0 Å². The number of benzene rings is 2. The molecule has 2 heteroatoms. The number of hydrogen-bond acceptors (Lipinski definition) is 2. The summed E-state index contributed by atoms with van der Waals surface area (Å²) in [7, 11) is 0. The quantitative estimate of drug-likeness (QED) is 0.763. The molecule has 0 N–H and O–H groups in total. The van der Waals surface area contributed by atoms with E-state index in [9.17, 15) is 0 Å². The lowest BCUT2D eigenvalue weighted by molar-refractivity contribution is 0.711. The SMILES string of the molecule is CCN(CC(CS)c1ccccc1)c1ccc(C)cc1. The summed E-state index contributed by atoms with van der Waals surface area (Å²) >= 11 is 4.54. The maximum atomic E-state index is 4.54. The summed E-state index contributed by atoms with van der Waals surface area (Å²) in [4.78, 5) is 2.42. The number of aryl methyl sites for hydroxylation is 1. The minimum atomic E-state index is 0.459. The van der Waals surface area contributed by atoms with Crippen LogP contribution in [-0.2, 0) is 0 Å². The maximum Gasteiger partial charge on any atom is 0.0366 e. The molecule has 0 spiro atoms. The average Bonchev–Trinajstić information content (AvgIpc) is 2.51. The van der Waals surface area contributed by atoms with Crippen molar-refractivity contribution < 1.29 is 0 Å². The molecule has 0 radical (unpaired) electrons. The van der Waals surface area contributed by atoms with Gasteiger partial charge in [0.05, 0.1) is 0 Å². The molecule has 0 saturated heterocycles. The molecule has 106 valence electrons. The smallest absolute Gasteiger partial charge is 0.0366 e. The molecule has 0 heterocycles. The summed E-state index contributed by atoms with van der Waals surface area (Å²) in [5.41, 5.74) is 3.97. The van der Waals surface area contributed by atoms with Crippen LogP contribution >= 0.6 is 12.6 Å². The molecule has 1 atom stereocenters. The molecule has 20 heavy (non-hydrogen) atoms. The van der Waals surface area contributed by atoms with Crippen molar-refractivity contribution in [1.82, 2.24) is 0 Å². The van der Waals surface area contributed by atoms with Crippen LogP contribution in [-0.4, -0.2) is 18.8 Å². The van der Waals surface area contributed by atoms with E-state index in [1.54, 1.807) is 0 Å². The van der Waals surface area contributed by atoms with Gasteiger partial charge in [0.15, 0.2) is 0 Å². The number of anilines is 1. The highest BCUT2D eigenvalue weighted by Crippen LogP contribution is 2.22. The molecule has 2 aromatic rings. The van der Waals surface area contributed by atoms with E-state index in [1.807, 2.05) is 0 Å². The summed E-state index contributed by atoms with van der Waals surface area (Å²) in [6.45, 7) is 6.36. The number of rotatable bonds is 6. The maximum absolute atomic E-state index is 4.54. The Hall–Kier alpha value is -1.41. The van der Waals surface area contributed by atoms with Crippen molar-refractivity contribution in [2.45, 2.75) is 19.8 Å². The standard InChI is InChI=1S/C18H23NS/c1-3-19(18-11-9-15(2)10-12-18)13-17(14-20)16-7-5-4-6-8-16/h4-12,17,20H,3,13-14H2,1-2H3. The lowest BCUT2D eigenvalue weighted by Crippen LogP contribution is -2.29. The molecular formula is C18H23NS. The van der Waals surface area contributed by atoms with Crippen LogP contribution in [0.3, 0.4) is 0 Å². The van der Waals surface area contributed by atoms with Crippen LogP contribution in [0.25, 0.3) is 0 Å². The first-order chi connectivity index (χ1) is 9.74. The summed E-state index contributed by atoms with van der Waals surface area (Å²) < 4.78 is 0. The summed E-state index contributed by atoms with van der Waals surface area (Å²) in [5, 5.41) is 0. The number of nitrogens with zero attached hydrogens (tertiary/aromatic N) is 1. The molecule has 0 aliphatic carbocycles. The Bertz CT molecular complexity index is 507. The first-order valence-electron chi connectivity index (χ1n) is 7.22. The topological polar surface area (TPSA) is 3.24 Å². The molecular weight excluding hydrogens is 262 g/mol. The van der Waals surface area contributed by atoms with E-state index < -0.39 is 0 Å². The molecule has 0 aliphatic rings. The lowest BCUT2D eigenvalue weighted by atomic mass is 10.00. The van der Waals surface area contributed by atoms with E-state index in [4.69, 9.17) is 0 Å². The van der Waals surface area contributed by atoms with Gasteiger partial charge in [0, 0.05) is 24.7 Å². The van der Waals surface area contributed by atoms with Crippen LogP contribution < -0.4 is 4.90 Å². The molecule has 0 saturated carbocycles. The first kappa shape index (κ1) is 15.0. The molecule has 1 unspecified atom stereocenters. The van der Waals surface area contributed by atoms with Gasteiger partial charge in [-0.2, -0.15) is 12.6 Å². The minimum absolute atomic E-state index is 0.459. The van der Waals surface area contributed by atoms with Gasteiger partial charge in [-0.25, -0.2) is 0 Å². The molecule has 0 fully saturated rings. The van der Waals surface area contributed by atoms with Gasteiger partial charge in [-0.3, -0.25) is 0 Å². The van der Waals surface area contributed by atoms with Crippen molar-refractivity contribution in [3.63, 3.8) is 0 Å². The molecule has 2 rings (SSSR count). The average molecular weight is 285 g/mol. The third-order valence-electron chi connectivity index (χ3n) is 3.71. The van der Waals surface area contributed by atoms with Gasteiger partial charge in [0.2, 0.25) is 0 Å². The van der Waals surface area contributed by atoms with Gasteiger partial charge in [-0.1, -0.05) is 48.0 Å². The van der Waals surface area contributed by atoms with Crippen molar-refractivity contribution in [2.24, 2.45) is 0 Å². The fourth-order valence-electron chi connectivity index (χ4n) is 2.43. The predicted octanol–water partition coefficient (Wildman–Crippen LogP) is 4.53. The molecule has 0 amide bonds. The van der Waals surface area contributed by atoms with Crippen LogP contribution in [0, 0.1) is 6.92 Å². The van der Waals surface area contributed by atoms with Crippen LogP contribution in [0.1, 0.15) is 24.0 Å². The van der Waals surface area contributed by atoms with Gasteiger partial charge in [0.25, 0.3) is 0 Å². The zero-order valence-electron chi connectivity index (χ0n) is 12.3.